The molecule has 2 aliphatic heterocycles. The van der Waals surface area contributed by atoms with E-state index >= 15 is 0 Å². The van der Waals surface area contributed by atoms with Crippen LogP contribution in [0.2, 0.25) is 0 Å². The molecule has 1 atom stereocenters. The monoisotopic (exact) mass is 356 g/mol. The second-order valence-electron chi connectivity index (χ2n) is 6.41. The Morgan fingerprint density at radius 1 is 1.32 bits per heavy atom. The lowest BCUT2D eigenvalue weighted by molar-refractivity contribution is -0.121. The standard InChI is InChI=1S/C18H20N4O2S/c23-16(9-15-13-5-1-2-6-14(13)17(24)21-15)19-10-12-11-25-18(20-12)22-7-3-4-8-22/h1-2,5-6,11,15H,3-4,7-10H2,(H,19,23)(H,21,24)/t15-/m1/s1. The Balaban J connectivity index is 1.32. The molecule has 1 aromatic heterocycles. The fraction of sp³-hybridized carbons (Fsp3) is 0.389. The van der Waals surface area contributed by atoms with Gasteiger partial charge in [0.2, 0.25) is 5.91 Å². The highest BCUT2D eigenvalue weighted by Crippen LogP contribution is 2.27. The van der Waals surface area contributed by atoms with Crippen molar-refractivity contribution in [3.63, 3.8) is 0 Å². The highest BCUT2D eigenvalue weighted by Gasteiger charge is 2.29. The molecule has 0 radical (unpaired) electrons. The molecule has 0 bridgehead atoms. The van der Waals surface area contributed by atoms with Gasteiger partial charge in [-0.2, -0.15) is 0 Å². The van der Waals surface area contributed by atoms with Crippen LogP contribution in [-0.4, -0.2) is 29.9 Å². The number of nitrogens with one attached hydrogen (secondary N) is 2. The van der Waals surface area contributed by atoms with Crippen LogP contribution in [0, 0.1) is 0 Å². The summed E-state index contributed by atoms with van der Waals surface area (Å²) in [4.78, 5) is 31.1. The molecular formula is C18H20N4O2S. The van der Waals surface area contributed by atoms with E-state index < -0.39 is 0 Å². The van der Waals surface area contributed by atoms with E-state index in [1.807, 2.05) is 23.6 Å². The Morgan fingerprint density at radius 2 is 2.12 bits per heavy atom. The summed E-state index contributed by atoms with van der Waals surface area (Å²) in [7, 11) is 0. The normalized spacial score (nSPS) is 19.0. The first kappa shape index (κ1) is 16.1. The predicted octanol–water partition coefficient (Wildman–Crippen LogP) is 2.23. The number of fused-ring (bicyclic) bond motifs is 1. The van der Waals surface area contributed by atoms with Gasteiger partial charge in [-0.1, -0.05) is 18.2 Å². The first-order valence-electron chi connectivity index (χ1n) is 8.56. The van der Waals surface area contributed by atoms with Crippen LogP contribution in [0.3, 0.4) is 0 Å². The maximum absolute atomic E-state index is 12.3. The predicted molar refractivity (Wildman–Crippen MR) is 96.7 cm³/mol. The van der Waals surface area contributed by atoms with Gasteiger partial charge in [0.05, 0.1) is 24.7 Å². The Kier molecular flexibility index (Phi) is 4.40. The Hall–Kier alpha value is -2.41. The van der Waals surface area contributed by atoms with Gasteiger partial charge >= 0.3 is 0 Å². The van der Waals surface area contributed by atoms with Gasteiger partial charge in [-0.25, -0.2) is 4.98 Å². The maximum atomic E-state index is 12.3. The average Bonchev–Trinajstić information content (AvgIpc) is 3.34. The molecule has 2 N–H and O–H groups in total. The van der Waals surface area contributed by atoms with Gasteiger partial charge in [-0.3, -0.25) is 9.59 Å². The van der Waals surface area contributed by atoms with Crippen LogP contribution in [0.25, 0.3) is 0 Å². The van der Waals surface area contributed by atoms with Gasteiger partial charge < -0.3 is 15.5 Å². The molecule has 1 saturated heterocycles. The van der Waals surface area contributed by atoms with Gasteiger partial charge in [-0.15, -0.1) is 11.3 Å². The average molecular weight is 356 g/mol. The summed E-state index contributed by atoms with van der Waals surface area (Å²) in [6.07, 6.45) is 2.69. The quantitative estimate of drug-likeness (QED) is 0.862. The number of aromatic nitrogens is 1. The summed E-state index contributed by atoms with van der Waals surface area (Å²) >= 11 is 1.63. The number of nitrogens with zero attached hydrogens (tertiary/aromatic N) is 2. The summed E-state index contributed by atoms with van der Waals surface area (Å²) in [6, 6.07) is 7.16. The molecule has 1 fully saturated rings. The molecule has 4 rings (SSSR count). The molecule has 0 saturated carbocycles. The summed E-state index contributed by atoms with van der Waals surface area (Å²) in [5.41, 5.74) is 2.44. The van der Waals surface area contributed by atoms with Crippen LogP contribution in [0.4, 0.5) is 5.13 Å². The molecule has 2 aromatic rings. The molecule has 3 heterocycles. The first-order valence-corrected chi connectivity index (χ1v) is 9.44. The molecule has 0 spiro atoms. The minimum Gasteiger partial charge on any atom is -0.350 e. The van der Waals surface area contributed by atoms with Crippen LogP contribution in [0.15, 0.2) is 29.6 Å². The van der Waals surface area contributed by atoms with Gasteiger partial charge in [0.1, 0.15) is 0 Å². The van der Waals surface area contributed by atoms with Gasteiger partial charge in [0.25, 0.3) is 5.91 Å². The van der Waals surface area contributed by atoms with E-state index in [1.165, 1.54) is 12.8 Å². The lowest BCUT2D eigenvalue weighted by Gasteiger charge is -2.12. The molecule has 2 amide bonds. The second kappa shape index (κ2) is 6.84. The number of thiazole rings is 1. The Morgan fingerprint density at radius 3 is 2.96 bits per heavy atom. The zero-order chi connectivity index (χ0) is 17.2. The number of anilines is 1. The maximum Gasteiger partial charge on any atom is 0.252 e. The van der Waals surface area contributed by atoms with Gasteiger partial charge in [0.15, 0.2) is 5.13 Å². The molecule has 25 heavy (non-hydrogen) atoms. The summed E-state index contributed by atoms with van der Waals surface area (Å²) in [5.74, 6) is -0.194. The van der Waals surface area contributed by atoms with E-state index in [0.717, 1.165) is 29.5 Å². The third kappa shape index (κ3) is 3.37. The number of carbonyl (C=O) groups excluding carboxylic acids is 2. The highest BCUT2D eigenvalue weighted by molar-refractivity contribution is 7.13. The van der Waals surface area contributed by atoms with Crippen LogP contribution in [-0.2, 0) is 11.3 Å². The number of hydrogen-bond donors (Lipinski definition) is 2. The zero-order valence-electron chi connectivity index (χ0n) is 13.8. The number of hydrogen-bond acceptors (Lipinski definition) is 5. The molecule has 6 nitrogen and oxygen atoms in total. The molecule has 7 heteroatoms. The van der Waals surface area contributed by atoms with Crippen molar-refractivity contribution in [3.05, 3.63) is 46.5 Å². The van der Waals surface area contributed by atoms with Crippen molar-refractivity contribution in [1.29, 1.82) is 0 Å². The second-order valence-corrected chi connectivity index (χ2v) is 7.25. The summed E-state index contributed by atoms with van der Waals surface area (Å²) < 4.78 is 0. The number of carbonyl (C=O) groups is 2. The lowest BCUT2D eigenvalue weighted by atomic mass is 10.0. The molecule has 2 aliphatic rings. The summed E-state index contributed by atoms with van der Waals surface area (Å²) in [6.45, 7) is 2.56. The van der Waals surface area contributed by atoms with Crippen LogP contribution in [0.1, 0.15) is 46.9 Å². The topological polar surface area (TPSA) is 74.3 Å². The molecule has 0 unspecified atom stereocenters. The minimum atomic E-state index is -0.251. The number of amides is 2. The minimum absolute atomic E-state index is 0.0854. The number of rotatable bonds is 5. The van der Waals surface area contributed by atoms with E-state index in [-0.39, 0.29) is 24.3 Å². The van der Waals surface area contributed by atoms with E-state index in [9.17, 15) is 9.59 Å². The summed E-state index contributed by atoms with van der Waals surface area (Å²) in [5, 5.41) is 8.82. The van der Waals surface area contributed by atoms with Gasteiger partial charge in [-0.05, 0) is 24.5 Å². The van der Waals surface area contributed by atoms with E-state index in [0.29, 0.717) is 12.1 Å². The zero-order valence-corrected chi connectivity index (χ0v) is 14.6. The lowest BCUT2D eigenvalue weighted by Crippen LogP contribution is -2.28. The first-order chi connectivity index (χ1) is 12.2. The van der Waals surface area contributed by atoms with Crippen molar-refractivity contribution in [2.75, 3.05) is 18.0 Å². The number of benzene rings is 1. The van der Waals surface area contributed by atoms with E-state index in [1.54, 1.807) is 17.4 Å². The SMILES string of the molecule is O=C(C[C@H]1NC(=O)c2ccccc21)NCc1csc(N2CCCC2)n1. The van der Waals surface area contributed by atoms with Crippen molar-refractivity contribution in [2.45, 2.75) is 31.8 Å². The fourth-order valence-corrected chi connectivity index (χ4v) is 4.24. The smallest absolute Gasteiger partial charge is 0.252 e. The third-order valence-electron chi connectivity index (χ3n) is 4.66. The van der Waals surface area contributed by atoms with Crippen molar-refractivity contribution >= 4 is 28.3 Å². The van der Waals surface area contributed by atoms with Crippen molar-refractivity contribution < 1.29 is 9.59 Å². The molecule has 130 valence electrons. The van der Waals surface area contributed by atoms with E-state index in [2.05, 4.69) is 20.5 Å². The molecule has 1 aromatic carbocycles. The third-order valence-corrected chi connectivity index (χ3v) is 5.61. The van der Waals surface area contributed by atoms with Crippen molar-refractivity contribution in [3.8, 4) is 0 Å². The van der Waals surface area contributed by atoms with Crippen LogP contribution < -0.4 is 15.5 Å². The Bertz CT molecular complexity index is 798. The molecule has 0 aliphatic carbocycles. The van der Waals surface area contributed by atoms with Crippen molar-refractivity contribution in [2.24, 2.45) is 0 Å². The van der Waals surface area contributed by atoms with E-state index in [4.69, 9.17) is 0 Å². The largest absolute Gasteiger partial charge is 0.350 e. The molecular weight excluding hydrogens is 336 g/mol. The van der Waals surface area contributed by atoms with Crippen molar-refractivity contribution in [1.82, 2.24) is 15.6 Å². The van der Waals surface area contributed by atoms with Crippen LogP contribution in [0.5, 0.6) is 0 Å². The highest BCUT2D eigenvalue weighted by atomic mass is 32.1. The van der Waals surface area contributed by atoms with Gasteiger partial charge in [0, 0.05) is 24.0 Å². The fourth-order valence-electron chi connectivity index (χ4n) is 3.36. The Labute approximate surface area is 150 Å². The van der Waals surface area contributed by atoms with Crippen LogP contribution >= 0.6 is 11.3 Å².